The van der Waals surface area contributed by atoms with Crippen LogP contribution in [0.15, 0.2) is 0 Å². The van der Waals surface area contributed by atoms with Crippen LogP contribution in [0.25, 0.3) is 0 Å². The first kappa shape index (κ1) is 20.4. The van der Waals surface area contributed by atoms with Crippen LogP contribution in [0.2, 0.25) is 0 Å². The molecule has 2 fully saturated rings. The molecule has 1 aliphatic carbocycles. The largest absolute Gasteiger partial charge is 0.352 e. The highest BCUT2D eigenvalue weighted by molar-refractivity contribution is 6.45. The first-order valence-electron chi connectivity index (χ1n) is 9.56. The summed E-state index contributed by atoms with van der Waals surface area (Å²) < 4.78 is 0. The Kier molecular flexibility index (Phi) is 6.09. The molecule has 0 bridgehead atoms. The van der Waals surface area contributed by atoms with Crippen LogP contribution < -0.4 is 5.32 Å². The standard InChI is InChI=1S/C19H31N3O4/c1-6-19(4,5)13-7-9-14(10-8-13)20-15(23)11-21-16(24)17(25)22(12(2)3)18(21)26/h12-14H,6-11H2,1-5H3,(H,20,23). The zero-order chi connectivity index (χ0) is 19.6. The molecule has 5 amide bonds. The van der Waals surface area contributed by atoms with Gasteiger partial charge in [-0.05, 0) is 50.9 Å². The predicted molar refractivity (Wildman–Crippen MR) is 97.1 cm³/mol. The third-order valence-corrected chi connectivity index (χ3v) is 6.01. The minimum atomic E-state index is -0.924. The zero-order valence-electron chi connectivity index (χ0n) is 16.5. The molecule has 0 atom stereocenters. The van der Waals surface area contributed by atoms with E-state index in [-0.39, 0.29) is 11.9 Å². The highest BCUT2D eigenvalue weighted by Crippen LogP contribution is 2.40. The van der Waals surface area contributed by atoms with Crippen molar-refractivity contribution in [3.8, 4) is 0 Å². The summed E-state index contributed by atoms with van der Waals surface area (Å²) in [6.45, 7) is 9.70. The smallest absolute Gasteiger partial charge is 0.334 e. The average Bonchev–Trinajstić information content (AvgIpc) is 2.79. The van der Waals surface area contributed by atoms with E-state index in [2.05, 4.69) is 26.1 Å². The van der Waals surface area contributed by atoms with Gasteiger partial charge in [-0.25, -0.2) is 9.69 Å². The van der Waals surface area contributed by atoms with Crippen molar-refractivity contribution >= 4 is 23.8 Å². The topological polar surface area (TPSA) is 86.8 Å². The first-order valence-corrected chi connectivity index (χ1v) is 9.56. The first-order chi connectivity index (χ1) is 12.1. The summed E-state index contributed by atoms with van der Waals surface area (Å²) in [5.74, 6) is -1.52. The maximum atomic E-state index is 12.3. The Morgan fingerprint density at radius 2 is 1.69 bits per heavy atom. The van der Waals surface area contributed by atoms with Gasteiger partial charge in [0.2, 0.25) is 5.91 Å². The normalized spacial score (nSPS) is 24.6. The summed E-state index contributed by atoms with van der Waals surface area (Å²) in [5, 5.41) is 2.92. The summed E-state index contributed by atoms with van der Waals surface area (Å²) in [6, 6.07) is -1.06. The highest BCUT2D eigenvalue weighted by atomic mass is 16.2. The molecule has 2 rings (SSSR count). The van der Waals surface area contributed by atoms with Gasteiger partial charge in [-0.1, -0.05) is 27.2 Å². The molecule has 1 saturated heterocycles. The number of nitrogens with zero attached hydrogens (tertiary/aromatic N) is 2. The number of carbonyl (C=O) groups is 4. The number of amides is 5. The van der Waals surface area contributed by atoms with E-state index in [4.69, 9.17) is 0 Å². The van der Waals surface area contributed by atoms with Crippen molar-refractivity contribution in [3.63, 3.8) is 0 Å². The number of hydrogen-bond donors (Lipinski definition) is 1. The van der Waals surface area contributed by atoms with Gasteiger partial charge in [-0.15, -0.1) is 0 Å². The van der Waals surface area contributed by atoms with Crippen LogP contribution in [0.4, 0.5) is 4.79 Å². The Morgan fingerprint density at radius 3 is 2.15 bits per heavy atom. The Bertz CT molecular complexity index is 592. The van der Waals surface area contributed by atoms with Crippen LogP contribution in [0.1, 0.15) is 66.7 Å². The molecule has 1 saturated carbocycles. The second-order valence-electron chi connectivity index (χ2n) is 8.40. The van der Waals surface area contributed by atoms with E-state index in [9.17, 15) is 19.2 Å². The Morgan fingerprint density at radius 1 is 1.12 bits per heavy atom. The lowest BCUT2D eigenvalue weighted by Crippen LogP contribution is -2.46. The molecule has 1 aliphatic heterocycles. The summed E-state index contributed by atoms with van der Waals surface area (Å²) in [7, 11) is 0. The molecule has 0 radical (unpaired) electrons. The van der Waals surface area contributed by atoms with Crippen molar-refractivity contribution in [1.29, 1.82) is 0 Å². The molecule has 0 aromatic heterocycles. The van der Waals surface area contributed by atoms with Crippen LogP contribution in [-0.4, -0.2) is 52.2 Å². The predicted octanol–water partition coefficient (Wildman–Crippen LogP) is 2.30. The number of imide groups is 2. The molecule has 2 aliphatic rings. The van der Waals surface area contributed by atoms with E-state index in [0.717, 1.165) is 41.9 Å². The summed E-state index contributed by atoms with van der Waals surface area (Å²) >= 11 is 0. The van der Waals surface area contributed by atoms with Gasteiger partial charge in [-0.3, -0.25) is 19.3 Å². The maximum absolute atomic E-state index is 12.3. The number of nitrogens with one attached hydrogen (secondary N) is 1. The van der Waals surface area contributed by atoms with Crippen molar-refractivity contribution in [2.24, 2.45) is 11.3 Å². The lowest BCUT2D eigenvalue weighted by atomic mass is 9.69. The molecule has 0 aromatic carbocycles. The molecule has 146 valence electrons. The van der Waals surface area contributed by atoms with Crippen molar-refractivity contribution in [2.75, 3.05) is 6.54 Å². The van der Waals surface area contributed by atoms with E-state index >= 15 is 0 Å². The molecule has 0 spiro atoms. The van der Waals surface area contributed by atoms with Crippen molar-refractivity contribution < 1.29 is 19.2 Å². The van der Waals surface area contributed by atoms with Gasteiger partial charge >= 0.3 is 17.8 Å². The number of carbonyl (C=O) groups excluding carboxylic acids is 4. The Hall–Kier alpha value is -1.92. The molecule has 0 unspecified atom stereocenters. The van der Waals surface area contributed by atoms with Crippen LogP contribution in [0.3, 0.4) is 0 Å². The minimum Gasteiger partial charge on any atom is -0.352 e. The van der Waals surface area contributed by atoms with Crippen LogP contribution in [0.5, 0.6) is 0 Å². The van der Waals surface area contributed by atoms with E-state index in [1.165, 1.54) is 0 Å². The SMILES string of the molecule is CCC(C)(C)C1CCC(NC(=O)CN2C(=O)C(=O)N(C(C)C)C2=O)CC1. The van der Waals surface area contributed by atoms with Gasteiger partial charge in [-0.2, -0.15) is 0 Å². The summed E-state index contributed by atoms with van der Waals surface area (Å²) in [4.78, 5) is 50.0. The molecule has 7 heteroatoms. The van der Waals surface area contributed by atoms with Gasteiger partial charge in [0.15, 0.2) is 0 Å². The molecule has 0 aromatic rings. The third kappa shape index (κ3) is 4.07. The van der Waals surface area contributed by atoms with Crippen molar-refractivity contribution in [2.45, 2.75) is 78.8 Å². The lowest BCUT2D eigenvalue weighted by molar-refractivity contribution is -0.144. The number of urea groups is 1. The molecular formula is C19H31N3O4. The fraction of sp³-hybridized carbons (Fsp3) is 0.789. The molecule has 7 nitrogen and oxygen atoms in total. The van der Waals surface area contributed by atoms with Crippen LogP contribution in [0, 0.1) is 11.3 Å². The van der Waals surface area contributed by atoms with Crippen molar-refractivity contribution in [3.05, 3.63) is 0 Å². The second kappa shape index (κ2) is 7.76. The quantitative estimate of drug-likeness (QED) is 0.578. The van der Waals surface area contributed by atoms with Gasteiger partial charge in [0, 0.05) is 12.1 Å². The zero-order valence-corrected chi connectivity index (χ0v) is 16.5. The van der Waals surface area contributed by atoms with E-state index in [1.54, 1.807) is 13.8 Å². The fourth-order valence-electron chi connectivity index (χ4n) is 3.84. The molecule has 1 heterocycles. The van der Waals surface area contributed by atoms with E-state index < -0.39 is 30.4 Å². The fourth-order valence-corrected chi connectivity index (χ4v) is 3.84. The van der Waals surface area contributed by atoms with Gasteiger partial charge in [0.05, 0.1) is 0 Å². The monoisotopic (exact) mass is 365 g/mol. The number of hydrogen-bond acceptors (Lipinski definition) is 4. The van der Waals surface area contributed by atoms with E-state index in [0.29, 0.717) is 11.3 Å². The Balaban J connectivity index is 1.87. The molecule has 26 heavy (non-hydrogen) atoms. The lowest BCUT2D eigenvalue weighted by Gasteiger charge is -2.39. The third-order valence-electron chi connectivity index (χ3n) is 6.01. The van der Waals surface area contributed by atoms with Gasteiger partial charge in [0.25, 0.3) is 0 Å². The van der Waals surface area contributed by atoms with Crippen LogP contribution in [-0.2, 0) is 14.4 Å². The van der Waals surface area contributed by atoms with Crippen LogP contribution >= 0.6 is 0 Å². The highest BCUT2D eigenvalue weighted by Gasteiger charge is 2.46. The number of rotatable bonds is 6. The summed E-state index contributed by atoms with van der Waals surface area (Å²) in [6.07, 6.45) is 5.06. The average molecular weight is 365 g/mol. The van der Waals surface area contributed by atoms with E-state index in [1.807, 2.05) is 0 Å². The summed E-state index contributed by atoms with van der Waals surface area (Å²) in [5.41, 5.74) is 0.310. The maximum Gasteiger partial charge on any atom is 0.334 e. The van der Waals surface area contributed by atoms with Gasteiger partial charge in [0.1, 0.15) is 6.54 Å². The minimum absolute atomic E-state index is 0.0658. The molecule has 1 N–H and O–H groups in total. The van der Waals surface area contributed by atoms with Crippen molar-refractivity contribution in [1.82, 2.24) is 15.1 Å². The van der Waals surface area contributed by atoms with Gasteiger partial charge < -0.3 is 5.32 Å². The second-order valence-corrected chi connectivity index (χ2v) is 8.40. The molecular weight excluding hydrogens is 334 g/mol. The Labute approximate surface area is 155 Å².